The Hall–Kier alpha value is -3.15. The average molecular weight is 351 g/mol. The van der Waals surface area contributed by atoms with Crippen molar-refractivity contribution in [3.8, 4) is 0 Å². The SMILES string of the molecule is Cc1ccccc1CNC(=O)CCC1(c2ccccc2)NC(=O)NC1=O. The number of carbonyl (C=O) groups is 3. The minimum atomic E-state index is -1.21. The average Bonchev–Trinajstić information content (AvgIpc) is 2.94. The van der Waals surface area contributed by atoms with E-state index in [1.165, 1.54) is 0 Å². The summed E-state index contributed by atoms with van der Waals surface area (Å²) >= 11 is 0. The zero-order valence-corrected chi connectivity index (χ0v) is 14.5. The van der Waals surface area contributed by atoms with Crippen molar-refractivity contribution in [3.05, 3.63) is 71.3 Å². The highest BCUT2D eigenvalue weighted by Gasteiger charge is 2.47. The Morgan fingerprint density at radius 2 is 1.73 bits per heavy atom. The summed E-state index contributed by atoms with van der Waals surface area (Å²) in [5.74, 6) is -0.599. The number of aryl methyl sites for hydroxylation is 1. The van der Waals surface area contributed by atoms with Crippen molar-refractivity contribution in [2.75, 3.05) is 0 Å². The molecule has 3 N–H and O–H groups in total. The quantitative estimate of drug-likeness (QED) is 0.697. The van der Waals surface area contributed by atoms with E-state index in [0.29, 0.717) is 12.1 Å². The summed E-state index contributed by atoms with van der Waals surface area (Å²) < 4.78 is 0. The van der Waals surface area contributed by atoms with Crippen LogP contribution < -0.4 is 16.0 Å². The first-order valence-electron chi connectivity index (χ1n) is 8.51. The van der Waals surface area contributed by atoms with Gasteiger partial charge < -0.3 is 10.6 Å². The second-order valence-corrected chi connectivity index (χ2v) is 6.38. The van der Waals surface area contributed by atoms with Crippen LogP contribution in [-0.2, 0) is 21.7 Å². The number of imide groups is 1. The molecule has 0 aromatic heterocycles. The van der Waals surface area contributed by atoms with Gasteiger partial charge in [0.25, 0.3) is 5.91 Å². The van der Waals surface area contributed by atoms with Crippen LogP contribution in [0.25, 0.3) is 0 Å². The molecule has 4 amide bonds. The molecule has 1 fully saturated rings. The summed E-state index contributed by atoms with van der Waals surface area (Å²) in [5.41, 5.74) is 1.61. The first-order valence-corrected chi connectivity index (χ1v) is 8.51. The highest BCUT2D eigenvalue weighted by atomic mass is 16.2. The number of nitrogens with one attached hydrogen (secondary N) is 3. The van der Waals surface area contributed by atoms with E-state index in [1.807, 2.05) is 37.3 Å². The number of hydrogen-bond acceptors (Lipinski definition) is 3. The summed E-state index contributed by atoms with van der Waals surface area (Å²) in [7, 11) is 0. The molecule has 0 spiro atoms. The second kappa shape index (κ2) is 7.39. The fourth-order valence-corrected chi connectivity index (χ4v) is 3.13. The van der Waals surface area contributed by atoms with Crippen molar-refractivity contribution in [1.82, 2.24) is 16.0 Å². The van der Waals surface area contributed by atoms with Gasteiger partial charge in [-0.3, -0.25) is 14.9 Å². The second-order valence-electron chi connectivity index (χ2n) is 6.38. The van der Waals surface area contributed by atoms with Gasteiger partial charge in [0.05, 0.1) is 0 Å². The number of urea groups is 1. The topological polar surface area (TPSA) is 87.3 Å². The lowest BCUT2D eigenvalue weighted by molar-refractivity contribution is -0.125. The highest BCUT2D eigenvalue weighted by Crippen LogP contribution is 2.29. The lowest BCUT2D eigenvalue weighted by Gasteiger charge is -2.26. The van der Waals surface area contributed by atoms with Gasteiger partial charge in [-0.2, -0.15) is 0 Å². The van der Waals surface area contributed by atoms with E-state index in [-0.39, 0.29) is 18.7 Å². The van der Waals surface area contributed by atoms with Gasteiger partial charge in [-0.1, -0.05) is 54.6 Å². The molecule has 0 saturated carbocycles. The van der Waals surface area contributed by atoms with E-state index >= 15 is 0 Å². The first-order chi connectivity index (χ1) is 12.5. The maximum atomic E-state index is 12.4. The van der Waals surface area contributed by atoms with Gasteiger partial charge in [0.2, 0.25) is 5.91 Å². The third-order valence-electron chi connectivity index (χ3n) is 4.67. The number of rotatable bonds is 6. The van der Waals surface area contributed by atoms with Gasteiger partial charge in [-0.25, -0.2) is 4.79 Å². The minimum absolute atomic E-state index is 0.120. The van der Waals surface area contributed by atoms with Crippen LogP contribution in [0.5, 0.6) is 0 Å². The maximum Gasteiger partial charge on any atom is 0.322 e. The van der Waals surface area contributed by atoms with E-state index in [0.717, 1.165) is 11.1 Å². The maximum absolute atomic E-state index is 12.4. The predicted octanol–water partition coefficient (Wildman–Crippen LogP) is 2.13. The molecule has 2 aromatic carbocycles. The van der Waals surface area contributed by atoms with Crippen molar-refractivity contribution >= 4 is 17.8 Å². The van der Waals surface area contributed by atoms with Crippen LogP contribution in [0.2, 0.25) is 0 Å². The van der Waals surface area contributed by atoms with Gasteiger partial charge in [0, 0.05) is 13.0 Å². The first kappa shape index (κ1) is 17.7. The molecule has 1 aliphatic rings. The van der Waals surface area contributed by atoms with Crippen molar-refractivity contribution in [2.45, 2.75) is 31.8 Å². The molecule has 6 heteroatoms. The third kappa shape index (κ3) is 3.59. The fourth-order valence-electron chi connectivity index (χ4n) is 3.13. The van der Waals surface area contributed by atoms with Crippen molar-refractivity contribution in [3.63, 3.8) is 0 Å². The molecule has 134 valence electrons. The van der Waals surface area contributed by atoms with E-state index in [4.69, 9.17) is 0 Å². The monoisotopic (exact) mass is 351 g/mol. The summed E-state index contributed by atoms with van der Waals surface area (Å²) in [6.07, 6.45) is 0.308. The Kier molecular flexibility index (Phi) is 5.02. The molecule has 1 unspecified atom stereocenters. The summed E-state index contributed by atoms with van der Waals surface area (Å²) in [6, 6.07) is 16.3. The van der Waals surface area contributed by atoms with Gasteiger partial charge >= 0.3 is 6.03 Å². The molecular weight excluding hydrogens is 330 g/mol. The Labute approximate surface area is 152 Å². The number of carbonyl (C=O) groups excluding carboxylic acids is 3. The molecule has 1 saturated heterocycles. The summed E-state index contributed by atoms with van der Waals surface area (Å²) in [4.78, 5) is 36.4. The van der Waals surface area contributed by atoms with Crippen LogP contribution in [0.3, 0.4) is 0 Å². The molecule has 1 atom stereocenters. The smallest absolute Gasteiger partial charge is 0.322 e. The van der Waals surface area contributed by atoms with Crippen LogP contribution in [0.1, 0.15) is 29.5 Å². The molecule has 0 radical (unpaired) electrons. The van der Waals surface area contributed by atoms with Gasteiger partial charge in [-0.05, 0) is 30.0 Å². The Morgan fingerprint density at radius 1 is 1.04 bits per heavy atom. The Balaban J connectivity index is 1.67. The van der Waals surface area contributed by atoms with E-state index in [1.54, 1.807) is 24.3 Å². The summed E-state index contributed by atoms with van der Waals surface area (Å²) in [6.45, 7) is 2.42. The van der Waals surface area contributed by atoms with E-state index in [9.17, 15) is 14.4 Å². The zero-order chi connectivity index (χ0) is 18.6. The van der Waals surface area contributed by atoms with E-state index in [2.05, 4.69) is 16.0 Å². The van der Waals surface area contributed by atoms with E-state index < -0.39 is 17.5 Å². The molecule has 1 aliphatic heterocycles. The highest BCUT2D eigenvalue weighted by molar-refractivity contribution is 6.07. The zero-order valence-electron chi connectivity index (χ0n) is 14.5. The lowest BCUT2D eigenvalue weighted by atomic mass is 9.85. The largest absolute Gasteiger partial charge is 0.352 e. The third-order valence-corrected chi connectivity index (χ3v) is 4.67. The normalized spacial score (nSPS) is 19.0. The van der Waals surface area contributed by atoms with Crippen LogP contribution in [0.4, 0.5) is 4.79 Å². The van der Waals surface area contributed by atoms with Gasteiger partial charge in [-0.15, -0.1) is 0 Å². The van der Waals surface area contributed by atoms with Gasteiger partial charge in [0.1, 0.15) is 5.54 Å². The molecule has 3 rings (SSSR count). The standard InChI is InChI=1S/C20H21N3O3/c1-14-7-5-6-8-15(14)13-21-17(24)11-12-20(16-9-3-2-4-10-16)18(25)22-19(26)23-20/h2-10H,11-13H2,1H3,(H,21,24)(H2,22,23,25,26). The van der Waals surface area contributed by atoms with Crippen LogP contribution in [-0.4, -0.2) is 17.8 Å². The van der Waals surface area contributed by atoms with Crippen LogP contribution in [0, 0.1) is 6.92 Å². The lowest BCUT2D eigenvalue weighted by Crippen LogP contribution is -2.44. The molecular formula is C20H21N3O3. The molecule has 26 heavy (non-hydrogen) atoms. The molecule has 1 heterocycles. The van der Waals surface area contributed by atoms with Crippen molar-refractivity contribution in [2.24, 2.45) is 0 Å². The fraction of sp³-hybridized carbons (Fsp3) is 0.250. The minimum Gasteiger partial charge on any atom is -0.352 e. The van der Waals surface area contributed by atoms with Gasteiger partial charge in [0.15, 0.2) is 0 Å². The van der Waals surface area contributed by atoms with Crippen LogP contribution in [0.15, 0.2) is 54.6 Å². The predicted molar refractivity (Wildman–Crippen MR) is 97.1 cm³/mol. The Bertz CT molecular complexity index is 835. The molecule has 6 nitrogen and oxygen atoms in total. The van der Waals surface area contributed by atoms with Crippen LogP contribution >= 0.6 is 0 Å². The number of hydrogen-bond donors (Lipinski definition) is 3. The van der Waals surface area contributed by atoms with Crippen molar-refractivity contribution < 1.29 is 14.4 Å². The number of amides is 4. The molecule has 0 bridgehead atoms. The molecule has 0 aliphatic carbocycles. The molecule has 2 aromatic rings. The Morgan fingerprint density at radius 3 is 2.38 bits per heavy atom. The summed E-state index contributed by atoms with van der Waals surface area (Å²) in [5, 5.41) is 7.84. The van der Waals surface area contributed by atoms with Crippen molar-refractivity contribution in [1.29, 1.82) is 0 Å². The number of benzene rings is 2.